The second kappa shape index (κ2) is 9.26. The summed E-state index contributed by atoms with van der Waals surface area (Å²) in [7, 11) is -2.37. The molecule has 0 unspecified atom stereocenters. The molecule has 0 spiro atoms. The standard InChI is InChI=1S/C27H29N3O4S/c1-19-17-21(29-14-5-6-15-29)9-11-24(19)28-27(31)23-18-22(10-12-26(23)34-2)35(32,33)30-16-13-20-7-3-4-8-25(20)30/h3-4,7-12,17-18H,5-6,13-16H2,1-2H3,(H,28,31). The molecule has 1 saturated heterocycles. The maximum Gasteiger partial charge on any atom is 0.264 e. The van der Waals surface area contributed by atoms with Gasteiger partial charge in [0.1, 0.15) is 5.75 Å². The van der Waals surface area contributed by atoms with E-state index in [2.05, 4.69) is 16.3 Å². The molecule has 2 heterocycles. The summed E-state index contributed by atoms with van der Waals surface area (Å²) in [5, 5.41) is 2.94. The molecule has 3 aromatic carbocycles. The van der Waals surface area contributed by atoms with Gasteiger partial charge < -0.3 is 15.0 Å². The van der Waals surface area contributed by atoms with E-state index in [0.29, 0.717) is 30.1 Å². The Morgan fingerprint density at radius 3 is 2.49 bits per heavy atom. The maximum absolute atomic E-state index is 13.5. The average Bonchev–Trinajstić information content (AvgIpc) is 3.55. The number of nitrogens with one attached hydrogen (secondary N) is 1. The molecule has 182 valence electrons. The topological polar surface area (TPSA) is 79.0 Å². The quantitative estimate of drug-likeness (QED) is 0.545. The fourth-order valence-corrected chi connectivity index (χ4v) is 6.39. The Labute approximate surface area is 206 Å². The smallest absolute Gasteiger partial charge is 0.264 e. The first kappa shape index (κ1) is 23.2. The highest BCUT2D eigenvalue weighted by atomic mass is 32.2. The van der Waals surface area contributed by atoms with Gasteiger partial charge in [-0.25, -0.2) is 8.42 Å². The van der Waals surface area contributed by atoms with Crippen molar-refractivity contribution in [3.8, 4) is 5.75 Å². The molecule has 1 amide bonds. The minimum Gasteiger partial charge on any atom is -0.496 e. The third-order valence-corrected chi connectivity index (χ3v) is 8.59. The maximum atomic E-state index is 13.5. The minimum absolute atomic E-state index is 0.0567. The molecule has 3 aromatic rings. The number of aryl methyl sites for hydroxylation is 1. The highest BCUT2D eigenvalue weighted by Crippen LogP contribution is 2.34. The number of fused-ring (bicyclic) bond motifs is 1. The molecular weight excluding hydrogens is 462 g/mol. The van der Waals surface area contributed by atoms with E-state index in [1.807, 2.05) is 43.3 Å². The van der Waals surface area contributed by atoms with Gasteiger partial charge in [0.15, 0.2) is 0 Å². The summed E-state index contributed by atoms with van der Waals surface area (Å²) >= 11 is 0. The summed E-state index contributed by atoms with van der Waals surface area (Å²) in [5.74, 6) is -0.104. The van der Waals surface area contributed by atoms with E-state index in [0.717, 1.165) is 29.9 Å². The van der Waals surface area contributed by atoms with E-state index in [1.165, 1.54) is 42.5 Å². The number of sulfonamides is 1. The lowest BCUT2D eigenvalue weighted by atomic mass is 10.1. The van der Waals surface area contributed by atoms with Gasteiger partial charge >= 0.3 is 0 Å². The van der Waals surface area contributed by atoms with Crippen LogP contribution in [0.3, 0.4) is 0 Å². The molecular formula is C27H29N3O4S. The van der Waals surface area contributed by atoms with E-state index in [9.17, 15) is 13.2 Å². The highest BCUT2D eigenvalue weighted by Gasteiger charge is 2.31. The summed E-state index contributed by atoms with van der Waals surface area (Å²) in [5.41, 5.74) is 4.62. The lowest BCUT2D eigenvalue weighted by Gasteiger charge is -2.21. The summed E-state index contributed by atoms with van der Waals surface area (Å²) in [4.78, 5) is 15.7. The van der Waals surface area contributed by atoms with E-state index < -0.39 is 15.9 Å². The molecule has 0 aliphatic carbocycles. The van der Waals surface area contributed by atoms with Crippen LogP contribution in [-0.2, 0) is 16.4 Å². The van der Waals surface area contributed by atoms with Gasteiger partial charge in [0, 0.05) is 31.0 Å². The van der Waals surface area contributed by atoms with Crippen molar-refractivity contribution in [1.29, 1.82) is 0 Å². The number of amides is 1. The number of nitrogens with zero attached hydrogens (tertiary/aromatic N) is 2. The first-order valence-corrected chi connectivity index (χ1v) is 13.3. The van der Waals surface area contributed by atoms with Gasteiger partial charge in [0.25, 0.3) is 15.9 Å². The zero-order chi connectivity index (χ0) is 24.6. The Morgan fingerprint density at radius 2 is 1.74 bits per heavy atom. The van der Waals surface area contributed by atoms with Crippen molar-refractivity contribution >= 4 is 33.0 Å². The van der Waals surface area contributed by atoms with Crippen molar-refractivity contribution in [3.63, 3.8) is 0 Å². The molecule has 0 aromatic heterocycles. The van der Waals surface area contributed by atoms with Crippen LogP contribution in [0.1, 0.15) is 34.3 Å². The Balaban J connectivity index is 1.43. The van der Waals surface area contributed by atoms with Crippen LogP contribution in [0.25, 0.3) is 0 Å². The van der Waals surface area contributed by atoms with Crippen LogP contribution in [0, 0.1) is 6.92 Å². The predicted octanol–water partition coefficient (Wildman–Crippen LogP) is 4.61. The highest BCUT2D eigenvalue weighted by molar-refractivity contribution is 7.92. The Kier molecular flexibility index (Phi) is 6.15. The van der Waals surface area contributed by atoms with Gasteiger partial charge in [-0.15, -0.1) is 0 Å². The monoisotopic (exact) mass is 491 g/mol. The molecule has 8 heteroatoms. The van der Waals surface area contributed by atoms with Crippen molar-refractivity contribution in [2.24, 2.45) is 0 Å². The van der Waals surface area contributed by atoms with Crippen LogP contribution in [-0.4, -0.2) is 41.1 Å². The molecule has 0 atom stereocenters. The SMILES string of the molecule is COc1ccc(S(=O)(=O)N2CCc3ccccc32)cc1C(=O)Nc1ccc(N2CCCC2)cc1C. The predicted molar refractivity (Wildman–Crippen MR) is 138 cm³/mol. The number of para-hydroxylation sites is 1. The van der Waals surface area contributed by atoms with Crippen molar-refractivity contribution < 1.29 is 17.9 Å². The van der Waals surface area contributed by atoms with Gasteiger partial charge in [-0.1, -0.05) is 18.2 Å². The lowest BCUT2D eigenvalue weighted by molar-refractivity contribution is 0.102. The molecule has 2 aliphatic heterocycles. The van der Waals surface area contributed by atoms with E-state index in [-0.39, 0.29) is 10.5 Å². The zero-order valence-corrected chi connectivity index (χ0v) is 20.8. The molecule has 5 rings (SSSR count). The Morgan fingerprint density at radius 1 is 0.971 bits per heavy atom. The fraction of sp³-hybridized carbons (Fsp3) is 0.296. The van der Waals surface area contributed by atoms with Gasteiger partial charge in [-0.05, 0) is 79.8 Å². The summed E-state index contributed by atoms with van der Waals surface area (Å²) in [6, 6.07) is 17.9. The molecule has 35 heavy (non-hydrogen) atoms. The number of rotatable bonds is 6. The number of ether oxygens (including phenoxy) is 1. The zero-order valence-electron chi connectivity index (χ0n) is 20.0. The van der Waals surface area contributed by atoms with Crippen LogP contribution in [0.2, 0.25) is 0 Å². The molecule has 1 N–H and O–H groups in total. The molecule has 7 nitrogen and oxygen atoms in total. The second-order valence-electron chi connectivity index (χ2n) is 8.97. The molecule has 2 aliphatic rings. The molecule has 0 bridgehead atoms. The summed E-state index contributed by atoms with van der Waals surface area (Å²) in [6.45, 7) is 4.42. The minimum atomic E-state index is -3.84. The number of carbonyl (C=O) groups is 1. The third kappa shape index (κ3) is 4.34. The first-order valence-electron chi connectivity index (χ1n) is 11.8. The molecule has 1 fully saturated rings. The van der Waals surface area contributed by atoms with Crippen molar-refractivity contribution in [1.82, 2.24) is 0 Å². The van der Waals surface area contributed by atoms with E-state index in [1.54, 1.807) is 0 Å². The van der Waals surface area contributed by atoms with Crippen LogP contribution in [0.5, 0.6) is 5.75 Å². The first-order chi connectivity index (χ1) is 16.9. The van der Waals surface area contributed by atoms with Crippen molar-refractivity contribution in [3.05, 3.63) is 77.4 Å². The van der Waals surface area contributed by atoms with Crippen LogP contribution < -0.4 is 19.3 Å². The van der Waals surface area contributed by atoms with E-state index >= 15 is 0 Å². The molecule has 0 radical (unpaired) electrons. The van der Waals surface area contributed by atoms with Gasteiger partial charge in [-0.3, -0.25) is 9.10 Å². The van der Waals surface area contributed by atoms with Crippen molar-refractivity contribution in [2.45, 2.75) is 31.1 Å². The number of anilines is 3. The Bertz CT molecular complexity index is 1380. The largest absolute Gasteiger partial charge is 0.496 e. The van der Waals surface area contributed by atoms with Gasteiger partial charge in [0.2, 0.25) is 0 Å². The van der Waals surface area contributed by atoms with Gasteiger partial charge in [0.05, 0.1) is 23.3 Å². The normalized spacial score (nSPS) is 15.3. The number of hydrogen-bond acceptors (Lipinski definition) is 5. The number of benzene rings is 3. The van der Waals surface area contributed by atoms with Crippen LogP contribution in [0.15, 0.2) is 65.6 Å². The number of carbonyl (C=O) groups excluding carboxylic acids is 1. The lowest BCUT2D eigenvalue weighted by Crippen LogP contribution is -2.29. The molecule has 0 saturated carbocycles. The van der Waals surface area contributed by atoms with E-state index in [4.69, 9.17) is 4.74 Å². The van der Waals surface area contributed by atoms with Crippen molar-refractivity contribution in [2.75, 3.05) is 41.3 Å². The summed E-state index contributed by atoms with van der Waals surface area (Å²) in [6.07, 6.45) is 3.05. The fourth-order valence-electron chi connectivity index (χ4n) is 4.86. The Hall–Kier alpha value is -3.52. The van der Waals surface area contributed by atoms with Gasteiger partial charge in [-0.2, -0.15) is 0 Å². The second-order valence-corrected chi connectivity index (χ2v) is 10.8. The van der Waals surface area contributed by atoms with Crippen LogP contribution in [0.4, 0.5) is 17.1 Å². The average molecular weight is 492 g/mol. The third-order valence-electron chi connectivity index (χ3n) is 6.78. The summed E-state index contributed by atoms with van der Waals surface area (Å²) < 4.78 is 33.8. The number of hydrogen-bond donors (Lipinski definition) is 1. The number of methoxy groups -OCH3 is 1. The van der Waals surface area contributed by atoms with Crippen LogP contribution >= 0.6 is 0 Å².